The Morgan fingerprint density at radius 2 is 1.79 bits per heavy atom. The number of fused-ring (bicyclic) bond motifs is 1. The number of thioether (sulfide) groups is 1. The lowest BCUT2D eigenvalue weighted by Crippen LogP contribution is -2.36. The Bertz CT molecular complexity index is 1150. The molecule has 2 aromatic heterocycles. The summed E-state index contributed by atoms with van der Waals surface area (Å²) in [5.74, 6) is 1.56. The molecule has 0 unspecified atom stereocenters. The molecule has 1 saturated carbocycles. The minimum absolute atomic E-state index is 0.158. The van der Waals surface area contributed by atoms with Crippen LogP contribution in [0, 0.1) is 13.8 Å². The molecular formula is C25H32N6O2S. The third kappa shape index (κ3) is 5.05. The number of benzene rings is 1. The van der Waals surface area contributed by atoms with Crippen LogP contribution >= 0.6 is 11.8 Å². The third-order valence-corrected chi connectivity index (χ3v) is 7.52. The molecule has 3 heterocycles. The monoisotopic (exact) mass is 480 g/mol. The largest absolute Gasteiger partial charge is 0.488 e. The Balaban J connectivity index is 1.26. The van der Waals surface area contributed by atoms with Crippen molar-refractivity contribution < 1.29 is 9.47 Å². The highest BCUT2D eigenvalue weighted by atomic mass is 32.2. The fraction of sp³-hybridized carbons (Fsp3) is 0.520. The molecule has 3 aromatic rings. The zero-order chi connectivity index (χ0) is 23.5. The van der Waals surface area contributed by atoms with Gasteiger partial charge in [0, 0.05) is 54.5 Å². The summed E-state index contributed by atoms with van der Waals surface area (Å²) in [5.41, 5.74) is 5.01. The molecule has 0 atom stereocenters. The molecule has 0 amide bonds. The molecule has 9 heteroatoms. The lowest BCUT2D eigenvalue weighted by molar-refractivity contribution is 0.122. The van der Waals surface area contributed by atoms with Crippen molar-refractivity contribution in [3.8, 4) is 5.75 Å². The molecule has 1 aliphatic heterocycles. The van der Waals surface area contributed by atoms with Crippen molar-refractivity contribution >= 4 is 34.4 Å². The predicted molar refractivity (Wildman–Crippen MR) is 136 cm³/mol. The Morgan fingerprint density at radius 3 is 2.56 bits per heavy atom. The van der Waals surface area contributed by atoms with Crippen molar-refractivity contribution in [3.63, 3.8) is 0 Å². The average molecular weight is 481 g/mol. The third-order valence-electron chi connectivity index (χ3n) is 6.74. The summed E-state index contributed by atoms with van der Waals surface area (Å²) in [6.45, 7) is 7.37. The first-order chi connectivity index (χ1) is 16.6. The smallest absolute Gasteiger partial charge is 0.224 e. The maximum atomic E-state index is 6.55. The molecule has 8 nitrogen and oxygen atoms in total. The molecule has 2 fully saturated rings. The second-order valence-corrected chi connectivity index (χ2v) is 9.77. The van der Waals surface area contributed by atoms with Crippen LogP contribution in [0.3, 0.4) is 0 Å². The van der Waals surface area contributed by atoms with E-state index in [1.54, 1.807) is 24.2 Å². The van der Waals surface area contributed by atoms with Crippen LogP contribution in [-0.2, 0) is 4.74 Å². The van der Waals surface area contributed by atoms with Crippen molar-refractivity contribution in [2.24, 2.45) is 0 Å². The topological polar surface area (TPSA) is 85.3 Å². The van der Waals surface area contributed by atoms with Gasteiger partial charge in [0.25, 0.3) is 0 Å². The fourth-order valence-corrected chi connectivity index (χ4v) is 5.31. The highest BCUT2D eigenvalue weighted by Crippen LogP contribution is 2.33. The Labute approximate surface area is 204 Å². The van der Waals surface area contributed by atoms with Gasteiger partial charge in [0.1, 0.15) is 16.3 Å². The van der Waals surface area contributed by atoms with Crippen molar-refractivity contribution in [2.75, 3.05) is 42.8 Å². The van der Waals surface area contributed by atoms with Crippen LogP contribution in [0.1, 0.15) is 36.9 Å². The zero-order valence-electron chi connectivity index (χ0n) is 20.1. The number of aromatic nitrogens is 4. The van der Waals surface area contributed by atoms with Gasteiger partial charge in [0.2, 0.25) is 5.95 Å². The predicted octanol–water partition coefficient (Wildman–Crippen LogP) is 4.40. The number of aryl methyl sites for hydroxylation is 1. The van der Waals surface area contributed by atoms with Gasteiger partial charge in [-0.1, -0.05) is 0 Å². The molecule has 0 radical (unpaired) electrons. The lowest BCUT2D eigenvalue weighted by Gasteiger charge is -2.31. The second-order valence-electron chi connectivity index (χ2n) is 8.97. The standard InChI is InChI=1S/C25H32N6O2S/c1-16-17(2)28-25(30-24(16)34-3)29-18-4-6-20(7-5-18)33-22-15-19(31-10-12-32-13-11-31)14-21-23(22)27-9-8-26-21/h8-9,14-15,18,20H,4-7,10-13H2,1-3H3,(H,28,29,30)/t18-,20+. The van der Waals surface area contributed by atoms with Gasteiger partial charge in [0.05, 0.1) is 24.8 Å². The molecule has 1 saturated heterocycles. The average Bonchev–Trinajstić information content (AvgIpc) is 2.87. The van der Waals surface area contributed by atoms with Crippen LogP contribution in [0.5, 0.6) is 5.75 Å². The van der Waals surface area contributed by atoms with E-state index in [1.807, 2.05) is 6.92 Å². The molecule has 1 N–H and O–H groups in total. The number of anilines is 2. The Hall–Kier alpha value is -2.65. The molecule has 34 heavy (non-hydrogen) atoms. The number of rotatable bonds is 6. The van der Waals surface area contributed by atoms with Crippen LogP contribution in [0.25, 0.3) is 11.0 Å². The van der Waals surface area contributed by atoms with E-state index in [2.05, 4.69) is 50.5 Å². The van der Waals surface area contributed by atoms with Gasteiger partial charge in [-0.05, 0) is 51.9 Å². The van der Waals surface area contributed by atoms with Crippen molar-refractivity contribution in [1.29, 1.82) is 0 Å². The van der Waals surface area contributed by atoms with E-state index in [0.717, 1.165) is 96.7 Å². The number of nitrogens with one attached hydrogen (secondary N) is 1. The maximum Gasteiger partial charge on any atom is 0.224 e. The van der Waals surface area contributed by atoms with Crippen molar-refractivity contribution in [3.05, 3.63) is 35.8 Å². The van der Waals surface area contributed by atoms with Gasteiger partial charge in [-0.25, -0.2) is 15.0 Å². The number of morpholine rings is 1. The summed E-state index contributed by atoms with van der Waals surface area (Å²) in [7, 11) is 0. The minimum Gasteiger partial charge on any atom is -0.488 e. The summed E-state index contributed by atoms with van der Waals surface area (Å²) < 4.78 is 12.1. The summed E-state index contributed by atoms with van der Waals surface area (Å²) in [6.07, 6.45) is 9.67. The molecule has 1 aromatic carbocycles. The summed E-state index contributed by atoms with van der Waals surface area (Å²) in [5, 5.41) is 4.60. The molecule has 0 spiro atoms. The second kappa shape index (κ2) is 10.3. The summed E-state index contributed by atoms with van der Waals surface area (Å²) in [6, 6.07) is 4.58. The van der Waals surface area contributed by atoms with Gasteiger partial charge in [-0.15, -0.1) is 11.8 Å². The van der Waals surface area contributed by atoms with E-state index in [-0.39, 0.29) is 6.10 Å². The number of hydrogen-bond donors (Lipinski definition) is 1. The highest BCUT2D eigenvalue weighted by molar-refractivity contribution is 7.98. The first-order valence-corrected chi connectivity index (χ1v) is 13.2. The molecule has 0 bridgehead atoms. The molecule has 5 rings (SSSR count). The normalized spacial score (nSPS) is 21.0. The van der Waals surface area contributed by atoms with Crippen molar-refractivity contribution in [2.45, 2.75) is 56.7 Å². The van der Waals surface area contributed by atoms with Gasteiger partial charge in [-0.3, -0.25) is 4.98 Å². The van der Waals surface area contributed by atoms with Crippen LogP contribution in [0.4, 0.5) is 11.6 Å². The first kappa shape index (κ1) is 23.1. The molecule has 180 valence electrons. The van der Waals surface area contributed by atoms with E-state index in [9.17, 15) is 0 Å². The Kier molecular flexibility index (Phi) is 7.01. The van der Waals surface area contributed by atoms with Gasteiger partial charge in [-0.2, -0.15) is 0 Å². The van der Waals surface area contributed by atoms with E-state index < -0.39 is 0 Å². The van der Waals surface area contributed by atoms with Gasteiger partial charge < -0.3 is 19.7 Å². The fourth-order valence-electron chi connectivity index (χ4n) is 4.68. The zero-order valence-corrected chi connectivity index (χ0v) is 20.9. The summed E-state index contributed by atoms with van der Waals surface area (Å²) >= 11 is 1.67. The van der Waals surface area contributed by atoms with Crippen LogP contribution in [-0.4, -0.2) is 64.6 Å². The molecule has 2 aliphatic rings. The summed E-state index contributed by atoms with van der Waals surface area (Å²) in [4.78, 5) is 20.8. The highest BCUT2D eigenvalue weighted by Gasteiger charge is 2.25. The number of nitrogens with zero attached hydrogens (tertiary/aromatic N) is 5. The lowest BCUT2D eigenvalue weighted by atomic mass is 9.93. The van der Waals surface area contributed by atoms with Crippen LogP contribution in [0.2, 0.25) is 0 Å². The van der Waals surface area contributed by atoms with E-state index >= 15 is 0 Å². The SMILES string of the molecule is CSc1nc(N[C@H]2CC[C@@H](Oc3cc(N4CCOCC4)cc4nccnc34)CC2)nc(C)c1C. The van der Waals surface area contributed by atoms with E-state index in [0.29, 0.717) is 6.04 Å². The first-order valence-electron chi connectivity index (χ1n) is 12.0. The molecular weight excluding hydrogens is 448 g/mol. The molecule has 1 aliphatic carbocycles. The number of hydrogen-bond acceptors (Lipinski definition) is 9. The Morgan fingerprint density at radius 1 is 1.03 bits per heavy atom. The number of ether oxygens (including phenoxy) is 2. The van der Waals surface area contributed by atoms with Crippen LogP contribution < -0.4 is 15.0 Å². The maximum absolute atomic E-state index is 6.55. The van der Waals surface area contributed by atoms with E-state index in [4.69, 9.17) is 14.5 Å². The quantitative estimate of drug-likeness (QED) is 0.408. The van der Waals surface area contributed by atoms with E-state index in [1.165, 1.54) is 0 Å². The van der Waals surface area contributed by atoms with Gasteiger partial charge in [0.15, 0.2) is 0 Å². The van der Waals surface area contributed by atoms with Crippen molar-refractivity contribution in [1.82, 2.24) is 19.9 Å². The van der Waals surface area contributed by atoms with Crippen LogP contribution in [0.15, 0.2) is 29.6 Å². The van der Waals surface area contributed by atoms with Gasteiger partial charge >= 0.3 is 0 Å². The minimum atomic E-state index is 0.158.